The van der Waals surface area contributed by atoms with Crippen LogP contribution in [0, 0.1) is 0 Å². The minimum Gasteiger partial charge on any atom is -0.744 e. The Hall–Kier alpha value is -3.20. The van der Waals surface area contributed by atoms with E-state index in [0.717, 1.165) is 49.2 Å². The van der Waals surface area contributed by atoms with E-state index in [2.05, 4.69) is 5.32 Å². The number of hydrogen-bond acceptors (Lipinski definition) is 12. The molecule has 2 aliphatic heterocycles. The number of rotatable bonds is 19. The Morgan fingerprint density at radius 1 is 0.706 bits per heavy atom. The van der Waals surface area contributed by atoms with Gasteiger partial charge in [0.15, 0.2) is 5.71 Å². The summed E-state index contributed by atoms with van der Waals surface area (Å²) < 4.78 is 143. The molecule has 68 heavy (non-hydrogen) atoms. The molecule has 0 fully saturated rings. The summed E-state index contributed by atoms with van der Waals surface area (Å²) in [7, 11) is -18.2. The number of nitrogens with zero attached hydrogens (tertiary/aromatic N) is 2. The summed E-state index contributed by atoms with van der Waals surface area (Å²) in [4.78, 5) is 11.7. The normalized spacial score (nSPS) is 16.6. The predicted octanol–water partition coefficient (Wildman–Crippen LogP) is 6.25. The van der Waals surface area contributed by atoms with Gasteiger partial charge in [0.2, 0.25) is 11.6 Å². The number of amides is 1. The molecule has 0 aromatic heterocycles. The first-order valence-corrected chi connectivity index (χ1v) is 27.4. The maximum atomic E-state index is 12.6. The zero-order valence-corrected chi connectivity index (χ0v) is 45.2. The SMILES string of the molecule is C[N+]1=C(C=CC=CC=C2N(CCCCCC(=O)NCCCCCCN)c3ccc4c(S(=O)(=O)O)cc(S(=O)(=O)O)cc4c3C2(C)C)C(C)(C)c2c1ccc1c(S(=O)(=O)[O-])cc(S(=O)(=O)O)cc21.[K]. The minimum absolute atomic E-state index is 0. The molecule has 2 aliphatic rings. The zero-order chi connectivity index (χ0) is 49.5. The van der Waals surface area contributed by atoms with Gasteiger partial charge in [0.25, 0.3) is 30.4 Å². The number of fused-ring (bicyclic) bond motifs is 6. The summed E-state index contributed by atoms with van der Waals surface area (Å²) in [5.74, 6) is -0.0290. The van der Waals surface area contributed by atoms with Gasteiger partial charge in [0, 0.05) is 116 Å². The molecule has 22 heteroatoms. The number of hydrogen-bond donors (Lipinski definition) is 5. The zero-order valence-electron chi connectivity index (χ0n) is 38.8. The molecule has 0 spiro atoms. The van der Waals surface area contributed by atoms with Crippen LogP contribution in [0.5, 0.6) is 0 Å². The van der Waals surface area contributed by atoms with E-state index in [0.29, 0.717) is 73.9 Å². The molecular formula is C46H56KN4O13S4. The van der Waals surface area contributed by atoms with E-state index in [1.54, 1.807) is 37.4 Å². The van der Waals surface area contributed by atoms with Crippen LogP contribution in [-0.2, 0) is 56.1 Å². The van der Waals surface area contributed by atoms with Gasteiger partial charge in [-0.2, -0.15) is 29.8 Å². The first kappa shape index (κ1) is 55.7. The van der Waals surface area contributed by atoms with Crippen molar-refractivity contribution in [2.75, 3.05) is 31.6 Å². The Morgan fingerprint density at radius 2 is 1.28 bits per heavy atom. The summed E-state index contributed by atoms with van der Waals surface area (Å²) in [6, 6.07) is 9.97. The van der Waals surface area contributed by atoms with Crippen LogP contribution in [0.1, 0.15) is 90.2 Å². The van der Waals surface area contributed by atoms with Crippen molar-refractivity contribution in [3.8, 4) is 0 Å². The van der Waals surface area contributed by atoms with Crippen molar-refractivity contribution in [1.29, 1.82) is 0 Å². The summed E-state index contributed by atoms with van der Waals surface area (Å²) in [5, 5.41) is 3.39. The van der Waals surface area contributed by atoms with Gasteiger partial charge < -0.3 is 20.5 Å². The summed E-state index contributed by atoms with van der Waals surface area (Å²) in [6.07, 6.45) is 15.2. The van der Waals surface area contributed by atoms with E-state index in [9.17, 15) is 56.7 Å². The number of unbranched alkanes of at least 4 members (excludes halogenated alkanes) is 5. The van der Waals surface area contributed by atoms with Crippen LogP contribution in [0.4, 0.5) is 11.4 Å². The third-order valence-corrected chi connectivity index (χ3v) is 16.0. The fourth-order valence-electron chi connectivity index (χ4n) is 9.42. The van der Waals surface area contributed by atoms with Gasteiger partial charge in [-0.05, 0) is 105 Å². The number of carbonyl (C=O) groups excluding carboxylic acids is 1. The maximum Gasteiger partial charge on any atom is 0.295 e. The summed E-state index contributed by atoms with van der Waals surface area (Å²) >= 11 is 0. The van der Waals surface area contributed by atoms with Crippen molar-refractivity contribution in [1.82, 2.24) is 5.32 Å². The number of nitrogens with two attached hydrogens (primary N) is 1. The van der Waals surface area contributed by atoms with Gasteiger partial charge in [-0.25, -0.2) is 8.42 Å². The predicted molar refractivity (Wildman–Crippen MR) is 261 cm³/mol. The second-order valence-electron chi connectivity index (χ2n) is 17.8. The van der Waals surface area contributed by atoms with Crippen LogP contribution in [0.25, 0.3) is 21.5 Å². The molecule has 6 N–H and O–H groups in total. The molecule has 1 radical (unpaired) electrons. The molecule has 2 heterocycles. The van der Waals surface area contributed by atoms with Crippen LogP contribution in [0.3, 0.4) is 0 Å². The number of nitrogens with one attached hydrogen (secondary N) is 1. The first-order valence-electron chi connectivity index (χ1n) is 21.6. The van der Waals surface area contributed by atoms with Crippen LogP contribution < -0.4 is 16.0 Å². The number of allylic oxidation sites excluding steroid dienone is 6. The second-order valence-corrected chi connectivity index (χ2v) is 23.4. The molecular weight excluding hydrogens is 984 g/mol. The summed E-state index contributed by atoms with van der Waals surface area (Å²) in [5.41, 5.74) is 7.58. The standard InChI is InChI=1S/C46H56N4O13S4.K/c1-45(2)40(49(5)36-21-19-32-34(43(36)45)26-30(64(52,53)54)28-38(32)66(58,59)60)16-10-8-11-17-41-46(3,4)44-35-27-31(65(55,56)57)29-39(67(61,62)63)33(35)20-22-37(44)50(41)25-15-9-12-18-42(51)48-24-14-7-6-13-23-47;/h8,10-11,16-17,19-22,26-29H,6-7,9,12-15,18,23-25,47H2,1-5H3,(H4-,48,51,52,53,54,55,56,57,58,59,60,61,62,63);. The van der Waals surface area contributed by atoms with Crippen molar-refractivity contribution in [2.24, 2.45) is 5.73 Å². The van der Waals surface area contributed by atoms with Crippen LogP contribution >= 0.6 is 0 Å². The van der Waals surface area contributed by atoms with Gasteiger partial charge in [-0.15, -0.1) is 0 Å². The molecule has 0 saturated carbocycles. The average molecular weight is 1040 g/mol. The van der Waals surface area contributed by atoms with Crippen LogP contribution in [-0.4, -0.2) is 146 Å². The molecule has 0 bridgehead atoms. The smallest absolute Gasteiger partial charge is 0.295 e. The van der Waals surface area contributed by atoms with Gasteiger partial charge in [-0.3, -0.25) is 18.5 Å². The van der Waals surface area contributed by atoms with E-state index in [1.165, 1.54) is 18.2 Å². The van der Waals surface area contributed by atoms with Crippen LogP contribution in [0.2, 0.25) is 0 Å². The third kappa shape index (κ3) is 11.8. The Morgan fingerprint density at radius 3 is 1.88 bits per heavy atom. The summed E-state index contributed by atoms with van der Waals surface area (Å²) in [6.45, 7) is 9.19. The van der Waals surface area contributed by atoms with Gasteiger partial charge in [-0.1, -0.05) is 57.4 Å². The quantitative estimate of drug-likeness (QED) is 0.0228. The Balaban J connectivity index is 0.00000864. The fraction of sp³-hybridized carbons (Fsp3) is 0.391. The minimum atomic E-state index is -5.16. The maximum absolute atomic E-state index is 12.6. The topological polar surface area (TPSA) is 282 Å². The van der Waals surface area contributed by atoms with Crippen molar-refractivity contribution in [3.63, 3.8) is 0 Å². The van der Waals surface area contributed by atoms with Gasteiger partial charge in [0.05, 0.1) is 20.1 Å². The molecule has 4 aromatic carbocycles. The molecule has 0 unspecified atom stereocenters. The first-order chi connectivity index (χ1) is 31.1. The number of anilines is 1. The van der Waals surface area contributed by atoms with Crippen molar-refractivity contribution < 1.29 is 61.3 Å². The fourth-order valence-corrected chi connectivity index (χ4v) is 12.1. The number of benzene rings is 4. The molecule has 1 amide bonds. The van der Waals surface area contributed by atoms with Gasteiger partial charge in [0.1, 0.15) is 22.1 Å². The Kier molecular flexibility index (Phi) is 17.4. The van der Waals surface area contributed by atoms with Crippen molar-refractivity contribution in [3.05, 3.63) is 95.7 Å². The molecule has 17 nitrogen and oxygen atoms in total. The van der Waals surface area contributed by atoms with E-state index in [4.69, 9.17) is 5.73 Å². The van der Waals surface area contributed by atoms with Crippen molar-refractivity contribution in [2.45, 2.75) is 109 Å². The van der Waals surface area contributed by atoms with E-state index in [-0.39, 0.29) is 78.8 Å². The monoisotopic (exact) mass is 1040 g/mol. The second kappa shape index (κ2) is 21.3. The molecule has 0 saturated heterocycles. The molecule has 363 valence electrons. The van der Waals surface area contributed by atoms with Crippen LogP contribution in [0.15, 0.2) is 104 Å². The molecule has 0 aliphatic carbocycles. The average Bonchev–Trinajstić information content (AvgIpc) is 3.56. The Bertz CT molecular complexity index is 3250. The largest absolute Gasteiger partial charge is 0.744 e. The molecule has 0 atom stereocenters. The van der Waals surface area contributed by atoms with E-state index < -0.39 is 70.9 Å². The Labute approximate surface area is 441 Å². The molecule has 4 aromatic rings. The number of carbonyl (C=O) groups is 1. The van der Waals surface area contributed by atoms with Gasteiger partial charge >= 0.3 is 0 Å². The molecule has 6 rings (SSSR count). The van der Waals surface area contributed by atoms with E-state index >= 15 is 0 Å². The van der Waals surface area contributed by atoms with Crippen molar-refractivity contribution >= 4 is 136 Å². The van der Waals surface area contributed by atoms with E-state index in [1.807, 2.05) is 49.3 Å². The third-order valence-electron chi connectivity index (χ3n) is 12.5.